The Labute approximate surface area is 89.2 Å². The van der Waals surface area contributed by atoms with Crippen molar-refractivity contribution < 1.29 is 9.90 Å². The molecule has 1 aromatic rings. The fourth-order valence-electron chi connectivity index (χ4n) is 2.47. The Morgan fingerprint density at radius 2 is 2.13 bits per heavy atom. The van der Waals surface area contributed by atoms with Gasteiger partial charge in [-0.15, -0.1) is 0 Å². The van der Waals surface area contributed by atoms with Crippen LogP contribution in [-0.2, 0) is 10.2 Å². The van der Waals surface area contributed by atoms with Crippen LogP contribution in [0.5, 0.6) is 0 Å². The van der Waals surface area contributed by atoms with Crippen molar-refractivity contribution in [3.05, 3.63) is 29.6 Å². The molecule has 0 amide bonds. The second kappa shape index (κ2) is 2.81. The van der Waals surface area contributed by atoms with Gasteiger partial charge in [0.25, 0.3) is 0 Å². The van der Waals surface area contributed by atoms with Crippen LogP contribution in [0.1, 0.15) is 31.4 Å². The van der Waals surface area contributed by atoms with E-state index in [0.717, 1.165) is 11.1 Å². The van der Waals surface area contributed by atoms with Gasteiger partial charge in [0.1, 0.15) is 5.41 Å². The topological polar surface area (TPSA) is 50.2 Å². The molecule has 1 heterocycles. The van der Waals surface area contributed by atoms with Gasteiger partial charge in [0, 0.05) is 12.4 Å². The van der Waals surface area contributed by atoms with Crippen LogP contribution in [0.25, 0.3) is 0 Å². The second-order valence-electron chi connectivity index (χ2n) is 4.96. The molecule has 1 aliphatic carbocycles. The number of hydrogen-bond donors (Lipinski definition) is 1. The van der Waals surface area contributed by atoms with Gasteiger partial charge < -0.3 is 5.11 Å². The predicted octanol–water partition coefficient (Wildman–Crippen LogP) is 2.14. The molecule has 0 radical (unpaired) electrons. The first kappa shape index (κ1) is 10.1. The molecule has 80 valence electrons. The van der Waals surface area contributed by atoms with Crippen molar-refractivity contribution in [2.24, 2.45) is 5.41 Å². The number of nitrogens with zero attached hydrogens (tertiary/aromatic N) is 1. The molecular weight excluding hydrogens is 190 g/mol. The van der Waals surface area contributed by atoms with E-state index >= 15 is 0 Å². The highest BCUT2D eigenvalue weighted by Gasteiger charge is 2.68. The minimum Gasteiger partial charge on any atom is -0.481 e. The highest BCUT2D eigenvalue weighted by molar-refractivity contribution is 5.87. The molecule has 0 saturated heterocycles. The number of pyridine rings is 1. The number of aliphatic carboxylic acids is 1. The molecule has 3 nitrogen and oxygen atoms in total. The molecule has 1 N–H and O–H groups in total. The van der Waals surface area contributed by atoms with Gasteiger partial charge in [0.05, 0.1) is 0 Å². The number of hydrogen-bond acceptors (Lipinski definition) is 2. The van der Waals surface area contributed by atoms with Gasteiger partial charge in [-0.05, 0) is 36.0 Å². The molecule has 1 fully saturated rings. The van der Waals surface area contributed by atoms with Gasteiger partial charge in [-0.2, -0.15) is 0 Å². The minimum atomic E-state index is -0.733. The lowest BCUT2D eigenvalue weighted by molar-refractivity contribution is -0.141. The summed E-state index contributed by atoms with van der Waals surface area (Å²) >= 11 is 0. The average Bonchev–Trinajstić information content (AvgIpc) is 2.71. The van der Waals surface area contributed by atoms with Crippen LogP contribution in [0.2, 0.25) is 0 Å². The lowest BCUT2D eigenvalue weighted by atomic mass is 9.86. The van der Waals surface area contributed by atoms with E-state index in [9.17, 15) is 9.90 Å². The van der Waals surface area contributed by atoms with Crippen LogP contribution in [0.4, 0.5) is 0 Å². The van der Waals surface area contributed by atoms with Crippen molar-refractivity contribution in [2.45, 2.75) is 32.6 Å². The monoisotopic (exact) mass is 205 g/mol. The fraction of sp³-hybridized carbons (Fsp3) is 0.500. The van der Waals surface area contributed by atoms with Gasteiger partial charge in [0.15, 0.2) is 0 Å². The van der Waals surface area contributed by atoms with Crippen molar-refractivity contribution in [1.29, 1.82) is 0 Å². The summed E-state index contributed by atoms with van der Waals surface area (Å²) in [6, 6.07) is 1.87. The zero-order chi connectivity index (χ0) is 11.3. The van der Waals surface area contributed by atoms with Crippen molar-refractivity contribution in [3.8, 4) is 0 Å². The first-order valence-corrected chi connectivity index (χ1v) is 5.06. The minimum absolute atomic E-state index is 0.160. The van der Waals surface area contributed by atoms with Gasteiger partial charge in [-0.3, -0.25) is 9.78 Å². The Hall–Kier alpha value is -1.38. The first-order valence-electron chi connectivity index (χ1n) is 5.06. The number of carboxylic acid groups (broad SMARTS) is 1. The van der Waals surface area contributed by atoms with Crippen LogP contribution in [0, 0.1) is 12.3 Å². The zero-order valence-electron chi connectivity index (χ0n) is 9.24. The maximum atomic E-state index is 11.4. The van der Waals surface area contributed by atoms with E-state index in [1.807, 2.05) is 26.8 Å². The van der Waals surface area contributed by atoms with E-state index in [4.69, 9.17) is 0 Å². The normalized spacial score (nSPS) is 27.4. The average molecular weight is 205 g/mol. The van der Waals surface area contributed by atoms with Crippen molar-refractivity contribution in [3.63, 3.8) is 0 Å². The third kappa shape index (κ3) is 1.19. The number of carbonyl (C=O) groups is 1. The van der Waals surface area contributed by atoms with Crippen LogP contribution in [0.15, 0.2) is 18.5 Å². The lowest BCUT2D eigenvalue weighted by Crippen LogP contribution is -2.26. The summed E-state index contributed by atoms with van der Waals surface area (Å²) in [7, 11) is 0. The molecule has 0 bridgehead atoms. The van der Waals surface area contributed by atoms with Crippen LogP contribution in [-0.4, -0.2) is 16.1 Å². The van der Waals surface area contributed by atoms with E-state index in [-0.39, 0.29) is 5.41 Å². The summed E-state index contributed by atoms with van der Waals surface area (Å²) in [5.41, 5.74) is 0.998. The maximum Gasteiger partial charge on any atom is 0.314 e. The molecule has 1 unspecified atom stereocenters. The van der Waals surface area contributed by atoms with E-state index < -0.39 is 11.4 Å². The van der Waals surface area contributed by atoms with E-state index in [0.29, 0.717) is 6.42 Å². The molecule has 2 rings (SSSR count). The molecule has 1 atom stereocenters. The Morgan fingerprint density at radius 3 is 2.53 bits per heavy atom. The Balaban J connectivity index is 2.55. The zero-order valence-corrected chi connectivity index (χ0v) is 9.24. The molecule has 15 heavy (non-hydrogen) atoms. The highest BCUT2D eigenvalue weighted by Crippen LogP contribution is 2.64. The molecule has 1 aliphatic rings. The molecule has 1 saturated carbocycles. The standard InChI is InChI=1S/C12H15NO2/c1-8-4-5-13-6-9(8)12(10(14)15)7-11(12,2)3/h4-6H,7H2,1-3H3,(H,14,15). The number of carboxylic acids is 1. The Kier molecular flexibility index (Phi) is 1.90. The molecule has 3 heteroatoms. The Morgan fingerprint density at radius 1 is 1.53 bits per heavy atom. The quantitative estimate of drug-likeness (QED) is 0.804. The molecule has 0 aliphatic heterocycles. The summed E-state index contributed by atoms with van der Waals surface area (Å²) in [6.45, 7) is 5.93. The number of aromatic nitrogens is 1. The molecule has 1 aromatic heterocycles. The smallest absolute Gasteiger partial charge is 0.314 e. The van der Waals surface area contributed by atoms with E-state index in [1.165, 1.54) is 0 Å². The van der Waals surface area contributed by atoms with Gasteiger partial charge >= 0.3 is 5.97 Å². The third-order valence-electron chi connectivity index (χ3n) is 3.60. The Bertz CT molecular complexity index is 425. The molecular formula is C12H15NO2. The van der Waals surface area contributed by atoms with Crippen LogP contribution in [0.3, 0.4) is 0 Å². The van der Waals surface area contributed by atoms with Gasteiger partial charge in [-0.25, -0.2) is 0 Å². The third-order valence-corrected chi connectivity index (χ3v) is 3.60. The summed E-state index contributed by atoms with van der Waals surface area (Å²) in [5.74, 6) is -0.733. The lowest BCUT2D eigenvalue weighted by Gasteiger charge is -2.17. The summed E-state index contributed by atoms with van der Waals surface area (Å²) in [6.07, 6.45) is 4.09. The summed E-state index contributed by atoms with van der Waals surface area (Å²) in [5, 5.41) is 9.39. The summed E-state index contributed by atoms with van der Waals surface area (Å²) in [4.78, 5) is 15.5. The fourth-order valence-corrected chi connectivity index (χ4v) is 2.47. The number of aryl methyl sites for hydroxylation is 1. The second-order valence-corrected chi connectivity index (χ2v) is 4.96. The first-order chi connectivity index (χ1) is 6.92. The van der Waals surface area contributed by atoms with Crippen molar-refractivity contribution in [1.82, 2.24) is 4.98 Å². The SMILES string of the molecule is Cc1ccncc1C1(C(=O)O)CC1(C)C. The highest BCUT2D eigenvalue weighted by atomic mass is 16.4. The van der Waals surface area contributed by atoms with Gasteiger partial charge in [-0.1, -0.05) is 13.8 Å². The van der Waals surface area contributed by atoms with E-state index in [2.05, 4.69) is 4.98 Å². The van der Waals surface area contributed by atoms with Crippen LogP contribution < -0.4 is 0 Å². The largest absolute Gasteiger partial charge is 0.481 e. The van der Waals surface area contributed by atoms with Crippen molar-refractivity contribution in [2.75, 3.05) is 0 Å². The predicted molar refractivity (Wildman–Crippen MR) is 56.7 cm³/mol. The van der Waals surface area contributed by atoms with E-state index in [1.54, 1.807) is 12.4 Å². The van der Waals surface area contributed by atoms with Crippen molar-refractivity contribution >= 4 is 5.97 Å². The van der Waals surface area contributed by atoms with Crippen LogP contribution >= 0.6 is 0 Å². The molecule has 0 spiro atoms. The number of rotatable bonds is 2. The maximum absolute atomic E-state index is 11.4. The molecule has 0 aromatic carbocycles. The summed E-state index contributed by atoms with van der Waals surface area (Å²) < 4.78 is 0. The van der Waals surface area contributed by atoms with Gasteiger partial charge in [0.2, 0.25) is 0 Å².